The molecule has 0 saturated heterocycles. The van der Waals surface area contributed by atoms with Crippen LogP contribution in [0.4, 0.5) is 0 Å². The van der Waals surface area contributed by atoms with E-state index in [0.29, 0.717) is 12.8 Å². The number of carbonyl (C=O) groups excluding carboxylic acids is 1. The Morgan fingerprint density at radius 3 is 2.60 bits per heavy atom. The smallest absolute Gasteiger partial charge is 0.312 e. The summed E-state index contributed by atoms with van der Waals surface area (Å²) in [6.45, 7) is 1.97. The van der Waals surface area contributed by atoms with Crippen LogP contribution in [0.3, 0.4) is 0 Å². The first-order chi connectivity index (χ1) is 7.11. The maximum absolute atomic E-state index is 11.3. The molecule has 0 spiro atoms. The number of carboxylic acid groups (broad SMARTS) is 1. The molecule has 0 aromatic carbocycles. The van der Waals surface area contributed by atoms with Crippen molar-refractivity contribution in [2.45, 2.75) is 32.6 Å². The fourth-order valence-corrected chi connectivity index (χ4v) is 1.22. The average Bonchev–Trinajstić information content (AvgIpc) is 2.21. The Morgan fingerprint density at radius 2 is 2.13 bits per heavy atom. The zero-order valence-electron chi connectivity index (χ0n) is 9.23. The van der Waals surface area contributed by atoms with Crippen LogP contribution in [0.2, 0.25) is 0 Å². The van der Waals surface area contributed by atoms with Crippen LogP contribution in [0.15, 0.2) is 12.2 Å². The molecule has 1 unspecified atom stereocenters. The molecular weight excluding hydrogens is 196 g/mol. The van der Waals surface area contributed by atoms with E-state index in [4.69, 9.17) is 5.11 Å². The van der Waals surface area contributed by atoms with E-state index >= 15 is 0 Å². The second-order valence-corrected chi connectivity index (χ2v) is 3.25. The number of carbonyl (C=O) groups is 2. The van der Waals surface area contributed by atoms with E-state index in [2.05, 4.69) is 4.74 Å². The molecule has 1 N–H and O–H groups in total. The average molecular weight is 214 g/mol. The second-order valence-electron chi connectivity index (χ2n) is 3.25. The van der Waals surface area contributed by atoms with Gasteiger partial charge in [-0.15, -0.1) is 0 Å². The predicted octanol–water partition coefficient (Wildman–Crippen LogP) is 2.00. The molecule has 0 saturated carbocycles. The van der Waals surface area contributed by atoms with Crippen LogP contribution < -0.4 is 0 Å². The summed E-state index contributed by atoms with van der Waals surface area (Å²) in [6, 6.07) is 0. The third kappa shape index (κ3) is 6.71. The first-order valence-electron chi connectivity index (χ1n) is 5.08. The first kappa shape index (κ1) is 13.7. The number of hydrogen-bond donors (Lipinski definition) is 1. The Morgan fingerprint density at radius 1 is 1.47 bits per heavy atom. The van der Waals surface area contributed by atoms with Crippen molar-refractivity contribution in [3.05, 3.63) is 12.2 Å². The van der Waals surface area contributed by atoms with Crippen LogP contribution in [0.25, 0.3) is 0 Å². The minimum atomic E-state index is -0.835. The number of methoxy groups -OCH3 is 1. The molecule has 4 heteroatoms. The molecule has 0 aliphatic rings. The van der Waals surface area contributed by atoms with Gasteiger partial charge >= 0.3 is 11.9 Å². The van der Waals surface area contributed by atoms with Crippen molar-refractivity contribution in [3.8, 4) is 0 Å². The van der Waals surface area contributed by atoms with Crippen LogP contribution in [0.5, 0.6) is 0 Å². The molecule has 0 aromatic rings. The molecular formula is C11H18O4. The Kier molecular flexibility index (Phi) is 7.32. The molecule has 0 radical (unpaired) electrons. The number of allylic oxidation sites excluding steroid dienone is 1. The molecule has 86 valence electrons. The van der Waals surface area contributed by atoms with Gasteiger partial charge in [-0.25, -0.2) is 0 Å². The molecule has 4 nitrogen and oxygen atoms in total. The van der Waals surface area contributed by atoms with E-state index < -0.39 is 5.97 Å². The molecule has 0 amide bonds. The van der Waals surface area contributed by atoms with Gasteiger partial charge in [-0.05, 0) is 19.3 Å². The minimum Gasteiger partial charge on any atom is -0.481 e. The van der Waals surface area contributed by atoms with Gasteiger partial charge < -0.3 is 9.84 Å². The van der Waals surface area contributed by atoms with Gasteiger partial charge in [0.2, 0.25) is 0 Å². The zero-order chi connectivity index (χ0) is 11.7. The number of aliphatic carboxylic acids is 1. The highest BCUT2D eigenvalue weighted by Gasteiger charge is 2.15. The van der Waals surface area contributed by atoms with Gasteiger partial charge in [0.05, 0.1) is 13.0 Å². The minimum absolute atomic E-state index is 0.0907. The van der Waals surface area contributed by atoms with E-state index in [-0.39, 0.29) is 18.3 Å². The van der Waals surface area contributed by atoms with Crippen molar-refractivity contribution in [1.82, 2.24) is 0 Å². The van der Waals surface area contributed by atoms with Crippen molar-refractivity contribution in [2.24, 2.45) is 5.92 Å². The van der Waals surface area contributed by atoms with Crippen molar-refractivity contribution >= 4 is 11.9 Å². The summed E-state index contributed by atoms with van der Waals surface area (Å²) in [5, 5.41) is 8.46. The van der Waals surface area contributed by atoms with Gasteiger partial charge in [0.15, 0.2) is 0 Å². The number of ether oxygens (including phenoxy) is 1. The van der Waals surface area contributed by atoms with Crippen molar-refractivity contribution < 1.29 is 19.4 Å². The fraction of sp³-hybridized carbons (Fsp3) is 0.636. The van der Waals surface area contributed by atoms with E-state index in [1.165, 1.54) is 7.11 Å². The Labute approximate surface area is 89.9 Å². The summed E-state index contributed by atoms with van der Waals surface area (Å²) in [4.78, 5) is 21.6. The molecule has 15 heavy (non-hydrogen) atoms. The standard InChI is InChI=1S/C11H18O4/c1-3-4-6-9(11(14)15-2)7-5-8-10(12)13/h4,6,9H,3,5,7-8H2,1-2H3,(H,12,13). The van der Waals surface area contributed by atoms with Crippen LogP contribution in [-0.4, -0.2) is 24.2 Å². The van der Waals surface area contributed by atoms with Gasteiger partial charge in [-0.2, -0.15) is 0 Å². The van der Waals surface area contributed by atoms with E-state index in [1.54, 1.807) is 6.08 Å². The number of esters is 1. The highest BCUT2D eigenvalue weighted by Crippen LogP contribution is 2.12. The molecule has 0 heterocycles. The lowest BCUT2D eigenvalue weighted by Crippen LogP contribution is -2.14. The highest BCUT2D eigenvalue weighted by molar-refractivity contribution is 5.74. The lowest BCUT2D eigenvalue weighted by atomic mass is 10.0. The number of hydrogen-bond acceptors (Lipinski definition) is 3. The van der Waals surface area contributed by atoms with Crippen molar-refractivity contribution in [2.75, 3.05) is 7.11 Å². The molecule has 0 aliphatic heterocycles. The zero-order valence-corrected chi connectivity index (χ0v) is 9.23. The Bertz CT molecular complexity index is 233. The van der Waals surface area contributed by atoms with Crippen LogP contribution in [-0.2, 0) is 14.3 Å². The lowest BCUT2D eigenvalue weighted by Gasteiger charge is -2.09. The summed E-state index contributed by atoms with van der Waals surface area (Å²) in [5.74, 6) is -1.45. The van der Waals surface area contributed by atoms with E-state index in [9.17, 15) is 9.59 Å². The topological polar surface area (TPSA) is 63.6 Å². The van der Waals surface area contributed by atoms with Gasteiger partial charge in [0.25, 0.3) is 0 Å². The van der Waals surface area contributed by atoms with Crippen LogP contribution in [0, 0.1) is 5.92 Å². The first-order valence-corrected chi connectivity index (χ1v) is 5.08. The predicted molar refractivity (Wildman–Crippen MR) is 56.4 cm³/mol. The van der Waals surface area contributed by atoms with Crippen LogP contribution in [0.1, 0.15) is 32.6 Å². The number of carboxylic acids is 1. The molecule has 0 aliphatic carbocycles. The molecule has 0 rings (SSSR count). The maximum atomic E-state index is 11.3. The largest absolute Gasteiger partial charge is 0.481 e. The fourth-order valence-electron chi connectivity index (χ4n) is 1.22. The SMILES string of the molecule is CCC=CC(CCCC(=O)O)C(=O)OC. The van der Waals surface area contributed by atoms with Gasteiger partial charge in [-0.1, -0.05) is 19.1 Å². The molecule has 0 aromatic heterocycles. The normalized spacial score (nSPS) is 12.7. The quantitative estimate of drug-likeness (QED) is 0.520. The summed E-state index contributed by atoms with van der Waals surface area (Å²) in [5.41, 5.74) is 0. The maximum Gasteiger partial charge on any atom is 0.312 e. The third-order valence-electron chi connectivity index (χ3n) is 2.01. The highest BCUT2D eigenvalue weighted by atomic mass is 16.5. The monoisotopic (exact) mass is 214 g/mol. The second kappa shape index (κ2) is 8.03. The summed E-state index contributed by atoms with van der Waals surface area (Å²) < 4.78 is 4.63. The Hall–Kier alpha value is -1.32. The van der Waals surface area contributed by atoms with Gasteiger partial charge in [0, 0.05) is 6.42 Å². The lowest BCUT2D eigenvalue weighted by molar-refractivity contribution is -0.144. The third-order valence-corrected chi connectivity index (χ3v) is 2.01. The molecule has 0 bridgehead atoms. The number of rotatable bonds is 7. The molecule has 1 atom stereocenters. The van der Waals surface area contributed by atoms with Crippen LogP contribution >= 0.6 is 0 Å². The summed E-state index contributed by atoms with van der Waals surface area (Å²) >= 11 is 0. The van der Waals surface area contributed by atoms with Gasteiger partial charge in [0.1, 0.15) is 0 Å². The van der Waals surface area contributed by atoms with Crippen molar-refractivity contribution in [3.63, 3.8) is 0 Å². The van der Waals surface area contributed by atoms with Crippen molar-refractivity contribution in [1.29, 1.82) is 0 Å². The summed E-state index contributed by atoms with van der Waals surface area (Å²) in [7, 11) is 1.34. The Balaban J connectivity index is 4.07. The summed E-state index contributed by atoms with van der Waals surface area (Å²) in [6.07, 6.45) is 5.63. The van der Waals surface area contributed by atoms with E-state index in [0.717, 1.165) is 6.42 Å². The molecule has 0 fully saturated rings. The van der Waals surface area contributed by atoms with E-state index in [1.807, 2.05) is 13.0 Å². The van der Waals surface area contributed by atoms with Gasteiger partial charge in [-0.3, -0.25) is 9.59 Å².